The predicted octanol–water partition coefficient (Wildman–Crippen LogP) is 4.15. The normalized spacial score (nSPS) is 14.3. The third-order valence-electron chi connectivity index (χ3n) is 4.44. The zero-order chi connectivity index (χ0) is 18.7. The van der Waals surface area contributed by atoms with Gasteiger partial charge in [-0.15, -0.1) is 0 Å². The summed E-state index contributed by atoms with van der Waals surface area (Å²) in [5.74, 6) is 0.344. The number of halogens is 2. The van der Waals surface area contributed by atoms with Gasteiger partial charge >= 0.3 is 6.03 Å². The van der Waals surface area contributed by atoms with Gasteiger partial charge in [0.05, 0.1) is 12.8 Å². The van der Waals surface area contributed by atoms with Crippen molar-refractivity contribution in [1.82, 2.24) is 4.90 Å². The third kappa shape index (κ3) is 4.02. The number of anilines is 2. The molecule has 5 nitrogen and oxygen atoms in total. The van der Waals surface area contributed by atoms with Crippen LogP contribution in [0.25, 0.3) is 0 Å². The lowest BCUT2D eigenvalue weighted by atomic mass is 10.1. The van der Waals surface area contributed by atoms with Crippen LogP contribution in [0.5, 0.6) is 5.75 Å². The molecule has 0 bridgehead atoms. The molecule has 0 aliphatic carbocycles. The molecule has 7 heteroatoms. The molecule has 0 spiro atoms. The minimum absolute atomic E-state index is 0.227. The van der Waals surface area contributed by atoms with Gasteiger partial charge in [0, 0.05) is 43.0 Å². The second-order valence-corrected chi connectivity index (χ2v) is 6.60. The zero-order valence-corrected chi connectivity index (χ0v) is 15.5. The van der Waals surface area contributed by atoms with Gasteiger partial charge < -0.3 is 19.9 Å². The molecule has 1 saturated heterocycles. The SMILES string of the molecule is COc1cc(Cl)c(C)cc1N1CCN(C(=O)Nc2cccc(F)c2)CC1. The number of piperazine rings is 1. The van der Waals surface area contributed by atoms with Crippen LogP contribution in [0.4, 0.5) is 20.6 Å². The summed E-state index contributed by atoms with van der Waals surface area (Å²) in [5.41, 5.74) is 2.40. The molecule has 2 aromatic carbocycles. The van der Waals surface area contributed by atoms with Crippen LogP contribution in [0, 0.1) is 12.7 Å². The highest BCUT2D eigenvalue weighted by Gasteiger charge is 2.23. The minimum atomic E-state index is -0.377. The first-order valence-electron chi connectivity index (χ1n) is 8.38. The Labute approximate surface area is 157 Å². The van der Waals surface area contributed by atoms with Crippen molar-refractivity contribution >= 4 is 29.0 Å². The highest BCUT2D eigenvalue weighted by molar-refractivity contribution is 6.31. The smallest absolute Gasteiger partial charge is 0.321 e. The summed E-state index contributed by atoms with van der Waals surface area (Å²) in [6, 6.07) is 9.47. The van der Waals surface area contributed by atoms with Crippen LogP contribution in [0.1, 0.15) is 5.56 Å². The number of carbonyl (C=O) groups is 1. The van der Waals surface area contributed by atoms with Crippen molar-refractivity contribution in [2.24, 2.45) is 0 Å². The second kappa shape index (κ2) is 7.83. The Balaban J connectivity index is 1.64. The molecule has 0 saturated carbocycles. The van der Waals surface area contributed by atoms with E-state index in [1.807, 2.05) is 19.1 Å². The van der Waals surface area contributed by atoms with E-state index >= 15 is 0 Å². The number of rotatable bonds is 3. The molecule has 1 fully saturated rings. The van der Waals surface area contributed by atoms with Crippen molar-refractivity contribution in [2.45, 2.75) is 6.92 Å². The molecule has 26 heavy (non-hydrogen) atoms. The van der Waals surface area contributed by atoms with Crippen LogP contribution < -0.4 is 15.0 Å². The standard InChI is InChI=1S/C19H21ClFN3O2/c1-13-10-17(18(26-2)12-16(13)20)23-6-8-24(9-7-23)19(25)22-15-5-3-4-14(21)11-15/h3-5,10-12H,6-9H2,1-2H3,(H,22,25). The molecule has 0 radical (unpaired) electrons. The molecule has 0 atom stereocenters. The maximum absolute atomic E-state index is 13.2. The lowest BCUT2D eigenvalue weighted by molar-refractivity contribution is 0.208. The first-order chi connectivity index (χ1) is 12.5. The van der Waals surface area contributed by atoms with Crippen molar-refractivity contribution in [3.8, 4) is 5.75 Å². The molecule has 2 amide bonds. The van der Waals surface area contributed by atoms with Gasteiger partial charge in [-0.25, -0.2) is 9.18 Å². The first-order valence-corrected chi connectivity index (χ1v) is 8.76. The fourth-order valence-electron chi connectivity index (χ4n) is 2.98. The van der Waals surface area contributed by atoms with E-state index in [1.165, 1.54) is 12.1 Å². The Morgan fingerprint density at radius 1 is 1.19 bits per heavy atom. The molecule has 0 unspecified atom stereocenters. The Bertz CT molecular complexity index is 807. The summed E-state index contributed by atoms with van der Waals surface area (Å²) in [7, 11) is 1.62. The van der Waals surface area contributed by atoms with E-state index in [9.17, 15) is 9.18 Å². The number of urea groups is 1. The number of amides is 2. The van der Waals surface area contributed by atoms with Gasteiger partial charge in [-0.1, -0.05) is 17.7 Å². The summed E-state index contributed by atoms with van der Waals surface area (Å²) in [6.45, 7) is 4.42. The van der Waals surface area contributed by atoms with E-state index in [4.69, 9.17) is 16.3 Å². The van der Waals surface area contributed by atoms with Crippen LogP contribution in [0.2, 0.25) is 5.02 Å². The zero-order valence-electron chi connectivity index (χ0n) is 14.8. The maximum atomic E-state index is 13.2. The van der Waals surface area contributed by atoms with Crippen molar-refractivity contribution in [3.63, 3.8) is 0 Å². The molecular weight excluding hydrogens is 357 g/mol. The van der Waals surface area contributed by atoms with E-state index in [-0.39, 0.29) is 11.8 Å². The number of nitrogens with zero attached hydrogens (tertiary/aromatic N) is 2. The molecule has 1 aliphatic rings. The Hall–Kier alpha value is -2.47. The van der Waals surface area contributed by atoms with Gasteiger partial charge in [-0.3, -0.25) is 0 Å². The number of benzene rings is 2. The highest BCUT2D eigenvalue weighted by Crippen LogP contribution is 2.34. The summed E-state index contributed by atoms with van der Waals surface area (Å²) in [4.78, 5) is 16.3. The van der Waals surface area contributed by atoms with Crippen LogP contribution in [-0.2, 0) is 0 Å². The van der Waals surface area contributed by atoms with E-state index in [1.54, 1.807) is 24.1 Å². The Morgan fingerprint density at radius 2 is 1.92 bits per heavy atom. The van der Waals surface area contributed by atoms with E-state index in [0.29, 0.717) is 36.9 Å². The summed E-state index contributed by atoms with van der Waals surface area (Å²) < 4.78 is 18.7. The largest absolute Gasteiger partial charge is 0.495 e. The molecule has 3 rings (SSSR count). The van der Waals surface area contributed by atoms with Gasteiger partial charge in [-0.05, 0) is 36.8 Å². The first kappa shape index (κ1) is 18.3. The molecule has 138 valence electrons. The number of nitrogens with one attached hydrogen (secondary N) is 1. The topological polar surface area (TPSA) is 44.8 Å². The lowest BCUT2D eigenvalue weighted by Crippen LogP contribution is -2.50. The Morgan fingerprint density at radius 3 is 2.58 bits per heavy atom. The highest BCUT2D eigenvalue weighted by atomic mass is 35.5. The van der Waals surface area contributed by atoms with E-state index in [2.05, 4.69) is 10.2 Å². The summed E-state index contributed by atoms with van der Waals surface area (Å²) in [5, 5.41) is 3.40. The van der Waals surface area contributed by atoms with Crippen molar-refractivity contribution in [3.05, 3.63) is 52.8 Å². The van der Waals surface area contributed by atoms with E-state index in [0.717, 1.165) is 17.0 Å². The van der Waals surface area contributed by atoms with Gasteiger partial charge in [0.1, 0.15) is 11.6 Å². The number of methoxy groups -OCH3 is 1. The number of carbonyl (C=O) groups excluding carboxylic acids is 1. The molecule has 2 aromatic rings. The fraction of sp³-hybridized carbons (Fsp3) is 0.316. The van der Waals surface area contributed by atoms with Gasteiger partial charge in [0.25, 0.3) is 0 Å². The number of hydrogen-bond acceptors (Lipinski definition) is 3. The lowest BCUT2D eigenvalue weighted by Gasteiger charge is -2.36. The quantitative estimate of drug-likeness (QED) is 0.873. The van der Waals surface area contributed by atoms with Crippen molar-refractivity contribution in [2.75, 3.05) is 43.5 Å². The third-order valence-corrected chi connectivity index (χ3v) is 4.85. The van der Waals surface area contributed by atoms with Gasteiger partial charge in [-0.2, -0.15) is 0 Å². The number of hydrogen-bond donors (Lipinski definition) is 1. The van der Waals surface area contributed by atoms with E-state index < -0.39 is 0 Å². The number of ether oxygens (including phenoxy) is 1. The van der Waals surface area contributed by atoms with Crippen LogP contribution >= 0.6 is 11.6 Å². The monoisotopic (exact) mass is 377 g/mol. The van der Waals surface area contributed by atoms with Crippen molar-refractivity contribution in [1.29, 1.82) is 0 Å². The molecule has 1 heterocycles. The summed E-state index contributed by atoms with van der Waals surface area (Å²) >= 11 is 6.17. The average molecular weight is 378 g/mol. The predicted molar refractivity (Wildman–Crippen MR) is 102 cm³/mol. The Kier molecular flexibility index (Phi) is 5.52. The van der Waals surface area contributed by atoms with Crippen molar-refractivity contribution < 1.29 is 13.9 Å². The molecule has 0 aromatic heterocycles. The average Bonchev–Trinajstić information content (AvgIpc) is 2.63. The minimum Gasteiger partial charge on any atom is -0.495 e. The summed E-state index contributed by atoms with van der Waals surface area (Å²) in [6.07, 6.45) is 0. The molecule has 1 N–H and O–H groups in total. The van der Waals surface area contributed by atoms with Crippen LogP contribution in [-0.4, -0.2) is 44.2 Å². The van der Waals surface area contributed by atoms with Gasteiger partial charge in [0.2, 0.25) is 0 Å². The maximum Gasteiger partial charge on any atom is 0.321 e. The molecule has 1 aliphatic heterocycles. The van der Waals surface area contributed by atoms with Crippen LogP contribution in [0.15, 0.2) is 36.4 Å². The molecular formula is C19H21ClFN3O2. The number of aryl methyl sites for hydroxylation is 1. The van der Waals surface area contributed by atoms with Crippen LogP contribution in [0.3, 0.4) is 0 Å². The van der Waals surface area contributed by atoms with Gasteiger partial charge in [0.15, 0.2) is 0 Å². The second-order valence-electron chi connectivity index (χ2n) is 6.19. The fourth-order valence-corrected chi connectivity index (χ4v) is 3.13.